The lowest BCUT2D eigenvalue weighted by Crippen LogP contribution is -2.58. The SMILES string of the molecule is CC(C)N1CCN([C@@H]2CCOC3(CCN(C(=O)COc4ccc(F)cc4)CC3)C2)CC1. The Balaban J connectivity index is 1.24. The third-order valence-corrected chi connectivity index (χ3v) is 7.27. The van der Waals surface area contributed by atoms with Gasteiger partial charge in [0.1, 0.15) is 11.6 Å². The van der Waals surface area contributed by atoms with Crippen molar-refractivity contribution in [2.45, 2.75) is 57.2 Å². The van der Waals surface area contributed by atoms with E-state index in [1.807, 2.05) is 4.90 Å². The van der Waals surface area contributed by atoms with Crippen LogP contribution in [0.4, 0.5) is 4.39 Å². The Labute approximate surface area is 185 Å². The molecule has 7 heteroatoms. The van der Waals surface area contributed by atoms with Crippen LogP contribution in [0.2, 0.25) is 0 Å². The summed E-state index contributed by atoms with van der Waals surface area (Å²) in [5.74, 6) is 0.184. The number of likely N-dealkylation sites (tertiary alicyclic amines) is 1. The Kier molecular flexibility index (Phi) is 7.14. The number of ether oxygens (including phenoxy) is 2. The molecule has 3 heterocycles. The molecule has 6 nitrogen and oxygen atoms in total. The standard InChI is InChI=1S/C24H36FN3O3/c1-19(2)26-12-14-27(15-13-26)21-7-16-31-24(17-21)8-10-28(11-9-24)23(29)18-30-22-5-3-20(25)4-6-22/h3-6,19,21H,7-18H2,1-2H3/t21-/m1/s1. The van der Waals surface area contributed by atoms with Crippen LogP contribution in [-0.4, -0.2) is 90.8 Å². The van der Waals surface area contributed by atoms with E-state index in [2.05, 4.69) is 23.6 Å². The van der Waals surface area contributed by atoms with Gasteiger partial charge in [-0.15, -0.1) is 0 Å². The van der Waals surface area contributed by atoms with Crippen molar-refractivity contribution in [2.24, 2.45) is 0 Å². The van der Waals surface area contributed by atoms with Gasteiger partial charge in [0, 0.05) is 58.0 Å². The van der Waals surface area contributed by atoms with Gasteiger partial charge in [0.2, 0.25) is 0 Å². The van der Waals surface area contributed by atoms with E-state index in [1.165, 1.54) is 12.1 Å². The van der Waals surface area contributed by atoms with Gasteiger partial charge in [0.25, 0.3) is 5.91 Å². The van der Waals surface area contributed by atoms with E-state index in [0.717, 1.165) is 58.5 Å². The number of amides is 1. The molecule has 3 aliphatic heterocycles. The van der Waals surface area contributed by atoms with Crippen molar-refractivity contribution in [3.8, 4) is 5.75 Å². The molecule has 3 fully saturated rings. The molecule has 0 bridgehead atoms. The van der Waals surface area contributed by atoms with E-state index in [1.54, 1.807) is 12.1 Å². The molecule has 1 aromatic rings. The first-order valence-electron chi connectivity index (χ1n) is 11.7. The summed E-state index contributed by atoms with van der Waals surface area (Å²) < 4.78 is 24.8. The first-order chi connectivity index (χ1) is 14.9. The number of halogens is 1. The molecule has 0 aliphatic carbocycles. The number of hydrogen-bond acceptors (Lipinski definition) is 5. The summed E-state index contributed by atoms with van der Waals surface area (Å²) in [7, 11) is 0. The molecule has 3 aliphatic rings. The number of rotatable bonds is 5. The number of hydrogen-bond donors (Lipinski definition) is 0. The average molecular weight is 434 g/mol. The van der Waals surface area contributed by atoms with Crippen LogP contribution in [-0.2, 0) is 9.53 Å². The van der Waals surface area contributed by atoms with Crippen LogP contribution < -0.4 is 4.74 Å². The van der Waals surface area contributed by atoms with Gasteiger partial charge in [0.15, 0.2) is 6.61 Å². The number of carbonyl (C=O) groups excluding carboxylic acids is 1. The lowest BCUT2D eigenvalue weighted by molar-refractivity contribution is -0.151. The van der Waals surface area contributed by atoms with Crippen LogP contribution in [0.1, 0.15) is 39.5 Å². The molecule has 1 aromatic carbocycles. The van der Waals surface area contributed by atoms with E-state index in [4.69, 9.17) is 9.47 Å². The quantitative estimate of drug-likeness (QED) is 0.715. The van der Waals surface area contributed by atoms with Crippen molar-refractivity contribution < 1.29 is 18.7 Å². The predicted molar refractivity (Wildman–Crippen MR) is 118 cm³/mol. The summed E-state index contributed by atoms with van der Waals surface area (Å²) in [6.07, 6.45) is 3.95. The van der Waals surface area contributed by atoms with Gasteiger partial charge >= 0.3 is 0 Å². The van der Waals surface area contributed by atoms with Crippen molar-refractivity contribution >= 4 is 5.91 Å². The second-order valence-corrected chi connectivity index (χ2v) is 9.47. The van der Waals surface area contributed by atoms with Gasteiger partial charge in [-0.1, -0.05) is 0 Å². The largest absolute Gasteiger partial charge is 0.484 e. The molecule has 172 valence electrons. The van der Waals surface area contributed by atoms with Gasteiger partial charge in [-0.05, 0) is 63.8 Å². The summed E-state index contributed by atoms with van der Waals surface area (Å²) in [4.78, 5) is 19.7. The summed E-state index contributed by atoms with van der Waals surface area (Å²) in [6.45, 7) is 11.4. The third-order valence-electron chi connectivity index (χ3n) is 7.27. The van der Waals surface area contributed by atoms with Crippen LogP contribution in [0.3, 0.4) is 0 Å². The summed E-state index contributed by atoms with van der Waals surface area (Å²) >= 11 is 0. The van der Waals surface area contributed by atoms with Crippen LogP contribution in [0, 0.1) is 5.82 Å². The Morgan fingerprint density at radius 1 is 1.13 bits per heavy atom. The lowest BCUT2D eigenvalue weighted by atomic mass is 9.81. The number of carbonyl (C=O) groups is 1. The van der Waals surface area contributed by atoms with Crippen LogP contribution in [0.5, 0.6) is 5.75 Å². The van der Waals surface area contributed by atoms with E-state index < -0.39 is 0 Å². The first kappa shape index (κ1) is 22.5. The molecule has 0 radical (unpaired) electrons. The maximum absolute atomic E-state index is 13.0. The Hall–Kier alpha value is -1.70. The van der Waals surface area contributed by atoms with Gasteiger partial charge in [-0.2, -0.15) is 0 Å². The highest BCUT2D eigenvalue weighted by Crippen LogP contribution is 2.37. The number of nitrogens with zero attached hydrogens (tertiary/aromatic N) is 3. The highest BCUT2D eigenvalue weighted by Gasteiger charge is 2.43. The van der Waals surface area contributed by atoms with Crippen LogP contribution in [0.25, 0.3) is 0 Å². The first-order valence-corrected chi connectivity index (χ1v) is 11.7. The molecule has 0 saturated carbocycles. The maximum Gasteiger partial charge on any atom is 0.260 e. The Morgan fingerprint density at radius 3 is 2.45 bits per heavy atom. The molecule has 1 amide bonds. The molecule has 0 unspecified atom stereocenters. The van der Waals surface area contributed by atoms with Gasteiger partial charge < -0.3 is 14.4 Å². The monoisotopic (exact) mass is 433 g/mol. The maximum atomic E-state index is 13.0. The van der Waals surface area contributed by atoms with E-state index in [9.17, 15) is 9.18 Å². The zero-order valence-corrected chi connectivity index (χ0v) is 18.9. The highest BCUT2D eigenvalue weighted by atomic mass is 19.1. The van der Waals surface area contributed by atoms with Crippen molar-refractivity contribution in [1.82, 2.24) is 14.7 Å². The van der Waals surface area contributed by atoms with Crippen LogP contribution in [0.15, 0.2) is 24.3 Å². The Bertz CT molecular complexity index is 726. The topological polar surface area (TPSA) is 45.2 Å². The van der Waals surface area contributed by atoms with Crippen molar-refractivity contribution in [3.05, 3.63) is 30.1 Å². The number of benzene rings is 1. The molecule has 0 N–H and O–H groups in total. The fourth-order valence-electron chi connectivity index (χ4n) is 5.21. The van der Waals surface area contributed by atoms with E-state index >= 15 is 0 Å². The lowest BCUT2D eigenvalue weighted by Gasteiger charge is -2.50. The Morgan fingerprint density at radius 2 is 1.81 bits per heavy atom. The normalized spacial score (nSPS) is 25.2. The molecular formula is C24H36FN3O3. The second kappa shape index (κ2) is 9.84. The zero-order chi connectivity index (χ0) is 21.8. The van der Waals surface area contributed by atoms with Crippen molar-refractivity contribution in [3.63, 3.8) is 0 Å². The second-order valence-electron chi connectivity index (χ2n) is 9.47. The van der Waals surface area contributed by atoms with Gasteiger partial charge in [-0.25, -0.2) is 4.39 Å². The molecule has 0 aromatic heterocycles. The summed E-state index contributed by atoms with van der Waals surface area (Å²) in [5, 5.41) is 0. The molecular weight excluding hydrogens is 397 g/mol. The van der Waals surface area contributed by atoms with Gasteiger partial charge in [-0.3, -0.25) is 14.6 Å². The fraction of sp³-hybridized carbons (Fsp3) is 0.708. The third kappa shape index (κ3) is 5.57. The number of piperazine rings is 1. The van der Waals surface area contributed by atoms with Gasteiger partial charge in [0.05, 0.1) is 5.60 Å². The summed E-state index contributed by atoms with van der Waals surface area (Å²) in [6, 6.07) is 6.98. The summed E-state index contributed by atoms with van der Waals surface area (Å²) in [5.41, 5.74) is -0.0906. The average Bonchev–Trinajstić information content (AvgIpc) is 2.79. The van der Waals surface area contributed by atoms with Crippen molar-refractivity contribution in [2.75, 3.05) is 52.5 Å². The molecule has 4 rings (SSSR count). The minimum absolute atomic E-state index is 0.0117. The fourth-order valence-corrected chi connectivity index (χ4v) is 5.21. The minimum Gasteiger partial charge on any atom is -0.484 e. The number of piperidine rings is 1. The smallest absolute Gasteiger partial charge is 0.260 e. The molecule has 31 heavy (non-hydrogen) atoms. The minimum atomic E-state index is -0.312. The van der Waals surface area contributed by atoms with E-state index in [-0.39, 0.29) is 23.9 Å². The van der Waals surface area contributed by atoms with E-state index in [0.29, 0.717) is 30.9 Å². The molecule has 3 saturated heterocycles. The van der Waals surface area contributed by atoms with Crippen LogP contribution >= 0.6 is 0 Å². The highest BCUT2D eigenvalue weighted by molar-refractivity contribution is 5.77. The predicted octanol–water partition coefficient (Wildman–Crippen LogP) is 2.77. The molecule has 1 spiro atoms. The van der Waals surface area contributed by atoms with Crippen molar-refractivity contribution in [1.29, 1.82) is 0 Å². The molecule has 1 atom stereocenters. The zero-order valence-electron chi connectivity index (χ0n) is 18.9.